The number of likely N-dealkylation sites (tertiary alicyclic amines) is 1. The van der Waals surface area contributed by atoms with Gasteiger partial charge in [-0.25, -0.2) is 4.79 Å². The molecule has 1 aromatic carbocycles. The van der Waals surface area contributed by atoms with Crippen LogP contribution in [-0.2, 0) is 11.2 Å². The van der Waals surface area contributed by atoms with E-state index in [4.69, 9.17) is 17.0 Å². The van der Waals surface area contributed by atoms with Crippen LogP contribution >= 0.6 is 12.2 Å². The minimum Gasteiger partial charge on any atom is -0.450 e. The minimum absolute atomic E-state index is 0.332. The van der Waals surface area contributed by atoms with Crippen LogP contribution in [0.4, 0.5) is 4.79 Å². The van der Waals surface area contributed by atoms with E-state index in [2.05, 4.69) is 28.5 Å². The highest BCUT2D eigenvalue weighted by Gasteiger charge is 2.14. The van der Waals surface area contributed by atoms with Crippen LogP contribution in [0.25, 0.3) is 0 Å². The molecule has 0 bridgehead atoms. The number of benzene rings is 1. The molecule has 5 heteroatoms. The number of amides is 1. The summed E-state index contributed by atoms with van der Waals surface area (Å²) in [5.41, 5.74) is 2.12. The van der Waals surface area contributed by atoms with E-state index in [9.17, 15) is 4.79 Å². The van der Waals surface area contributed by atoms with Crippen molar-refractivity contribution in [3.63, 3.8) is 0 Å². The van der Waals surface area contributed by atoms with Crippen LogP contribution in [0, 0.1) is 0 Å². The second-order valence-corrected chi connectivity index (χ2v) is 6.00. The van der Waals surface area contributed by atoms with E-state index in [-0.39, 0.29) is 0 Å². The molecule has 0 saturated carbocycles. The molecule has 0 unspecified atom stereocenters. The molecule has 0 spiro atoms. The summed E-state index contributed by atoms with van der Waals surface area (Å²) in [7, 11) is 0. The minimum atomic E-state index is -0.491. The molecular formula is C18H24N2O2S. The third kappa shape index (κ3) is 6.02. The van der Waals surface area contributed by atoms with Crippen LogP contribution in [0.3, 0.4) is 0 Å². The van der Waals surface area contributed by atoms with Crippen molar-refractivity contribution in [1.82, 2.24) is 10.2 Å². The average molecular weight is 332 g/mol. The Morgan fingerprint density at radius 2 is 1.96 bits per heavy atom. The number of thiocarbonyl (C=S) groups is 1. The maximum atomic E-state index is 11.6. The molecule has 1 aliphatic heterocycles. The molecule has 1 heterocycles. The molecule has 1 N–H and O–H groups in total. The van der Waals surface area contributed by atoms with Gasteiger partial charge >= 0.3 is 6.09 Å². The van der Waals surface area contributed by atoms with Gasteiger partial charge in [-0.15, -0.1) is 0 Å². The van der Waals surface area contributed by atoms with Crippen LogP contribution in [0.1, 0.15) is 31.7 Å². The van der Waals surface area contributed by atoms with Crippen molar-refractivity contribution >= 4 is 23.3 Å². The van der Waals surface area contributed by atoms with Gasteiger partial charge in [-0.2, -0.15) is 0 Å². The van der Waals surface area contributed by atoms with E-state index in [1.54, 1.807) is 6.92 Å². The Kier molecular flexibility index (Phi) is 7.07. The summed E-state index contributed by atoms with van der Waals surface area (Å²) in [5, 5.41) is 2.67. The molecule has 0 aliphatic carbocycles. The lowest BCUT2D eigenvalue weighted by Crippen LogP contribution is -2.33. The van der Waals surface area contributed by atoms with Gasteiger partial charge in [0.05, 0.1) is 6.61 Å². The summed E-state index contributed by atoms with van der Waals surface area (Å²) in [6, 6.07) is 10.1. The monoisotopic (exact) mass is 332 g/mol. The maximum Gasteiger partial charge on any atom is 0.412 e. The normalized spacial score (nSPS) is 15.2. The topological polar surface area (TPSA) is 41.6 Å². The third-order valence-electron chi connectivity index (χ3n) is 3.75. The molecule has 1 fully saturated rings. The van der Waals surface area contributed by atoms with Crippen molar-refractivity contribution < 1.29 is 9.53 Å². The predicted molar refractivity (Wildman–Crippen MR) is 96.4 cm³/mol. The van der Waals surface area contributed by atoms with Gasteiger partial charge in [0.1, 0.15) is 4.99 Å². The van der Waals surface area contributed by atoms with Crippen LogP contribution in [0.2, 0.25) is 0 Å². The lowest BCUT2D eigenvalue weighted by Gasteiger charge is -2.26. The summed E-state index contributed by atoms with van der Waals surface area (Å²) < 4.78 is 4.92. The van der Waals surface area contributed by atoms with Gasteiger partial charge in [-0.05, 0) is 31.7 Å². The molecule has 0 aromatic heterocycles. The second-order valence-electron chi connectivity index (χ2n) is 5.59. The molecule has 1 amide bonds. The standard InChI is InChI=1S/C18H24N2O2S/c1-2-22-18(21)19-17(23)16(13-15-9-5-3-6-10-15)14-20-11-7-4-8-12-20/h3,5-6,9-10,14H,2,4,7-8,11-13H2,1H3,(H,19,21,23). The highest BCUT2D eigenvalue weighted by molar-refractivity contribution is 7.80. The summed E-state index contributed by atoms with van der Waals surface area (Å²) in [6.45, 7) is 4.19. The summed E-state index contributed by atoms with van der Waals surface area (Å²) in [5.74, 6) is 0. The number of ether oxygens (including phenoxy) is 1. The van der Waals surface area contributed by atoms with Crippen molar-refractivity contribution in [2.75, 3.05) is 19.7 Å². The second kappa shape index (κ2) is 9.30. The zero-order valence-electron chi connectivity index (χ0n) is 13.6. The van der Waals surface area contributed by atoms with Crippen molar-refractivity contribution in [1.29, 1.82) is 0 Å². The lowest BCUT2D eigenvalue weighted by molar-refractivity contribution is 0.158. The quantitative estimate of drug-likeness (QED) is 0.660. The predicted octanol–water partition coefficient (Wildman–Crippen LogP) is 3.67. The number of hydrogen-bond acceptors (Lipinski definition) is 4. The van der Waals surface area contributed by atoms with E-state index >= 15 is 0 Å². The van der Waals surface area contributed by atoms with E-state index < -0.39 is 6.09 Å². The first-order valence-corrected chi connectivity index (χ1v) is 8.56. The lowest BCUT2D eigenvalue weighted by atomic mass is 10.0. The maximum absolute atomic E-state index is 11.6. The van der Waals surface area contributed by atoms with Crippen molar-refractivity contribution in [2.24, 2.45) is 0 Å². The largest absolute Gasteiger partial charge is 0.450 e. The molecule has 124 valence electrons. The van der Waals surface area contributed by atoms with Gasteiger partial charge in [-0.1, -0.05) is 42.5 Å². The fourth-order valence-corrected chi connectivity index (χ4v) is 2.82. The number of nitrogens with zero attached hydrogens (tertiary/aromatic N) is 1. The molecule has 1 aromatic rings. The van der Waals surface area contributed by atoms with E-state index in [0.29, 0.717) is 18.0 Å². The Labute approximate surface area is 143 Å². The van der Waals surface area contributed by atoms with Gasteiger partial charge in [0, 0.05) is 31.3 Å². The first kappa shape index (κ1) is 17.5. The number of alkyl carbamates (subject to hydrolysis) is 1. The van der Waals surface area contributed by atoms with E-state index in [1.165, 1.54) is 24.8 Å². The Morgan fingerprint density at radius 3 is 2.61 bits per heavy atom. The van der Waals surface area contributed by atoms with Gasteiger partial charge in [0.2, 0.25) is 0 Å². The molecule has 0 radical (unpaired) electrons. The number of rotatable bonds is 5. The van der Waals surface area contributed by atoms with Gasteiger partial charge in [-0.3, -0.25) is 5.32 Å². The van der Waals surface area contributed by atoms with Gasteiger partial charge in [0.15, 0.2) is 0 Å². The van der Waals surface area contributed by atoms with Crippen molar-refractivity contribution in [3.8, 4) is 0 Å². The number of nitrogens with one attached hydrogen (secondary N) is 1. The average Bonchev–Trinajstić information content (AvgIpc) is 2.56. The number of carbonyl (C=O) groups excluding carboxylic acids is 1. The Morgan fingerprint density at radius 1 is 1.26 bits per heavy atom. The summed E-state index contributed by atoms with van der Waals surface area (Å²) in [4.78, 5) is 14.4. The molecule has 4 nitrogen and oxygen atoms in total. The number of piperidine rings is 1. The highest BCUT2D eigenvalue weighted by Crippen LogP contribution is 2.14. The Balaban J connectivity index is 2.11. The molecule has 23 heavy (non-hydrogen) atoms. The third-order valence-corrected chi connectivity index (χ3v) is 4.11. The molecule has 0 atom stereocenters. The Bertz CT molecular complexity index is 551. The van der Waals surface area contributed by atoms with Crippen LogP contribution in [0.15, 0.2) is 42.1 Å². The first-order valence-electron chi connectivity index (χ1n) is 8.16. The molecular weight excluding hydrogens is 308 g/mol. The highest BCUT2D eigenvalue weighted by atomic mass is 32.1. The fraction of sp³-hybridized carbons (Fsp3) is 0.444. The van der Waals surface area contributed by atoms with E-state index in [0.717, 1.165) is 18.7 Å². The van der Waals surface area contributed by atoms with Crippen LogP contribution in [-0.4, -0.2) is 35.7 Å². The molecule has 2 rings (SSSR count). The van der Waals surface area contributed by atoms with Crippen LogP contribution < -0.4 is 5.32 Å². The van der Waals surface area contributed by atoms with E-state index in [1.807, 2.05) is 18.2 Å². The number of carbonyl (C=O) groups is 1. The zero-order chi connectivity index (χ0) is 16.5. The van der Waals surface area contributed by atoms with Crippen molar-refractivity contribution in [3.05, 3.63) is 47.7 Å². The van der Waals surface area contributed by atoms with Crippen LogP contribution in [0.5, 0.6) is 0 Å². The smallest absolute Gasteiger partial charge is 0.412 e. The van der Waals surface area contributed by atoms with Gasteiger partial charge in [0.25, 0.3) is 0 Å². The van der Waals surface area contributed by atoms with Gasteiger partial charge < -0.3 is 9.64 Å². The Hall–Kier alpha value is -1.88. The SMILES string of the molecule is CCOC(=O)NC(=S)C(=CN1CCCCC1)Cc1ccccc1. The zero-order valence-corrected chi connectivity index (χ0v) is 14.4. The first-order chi connectivity index (χ1) is 11.2. The summed E-state index contributed by atoms with van der Waals surface area (Å²) in [6.07, 6.45) is 5.99. The van der Waals surface area contributed by atoms with Crippen molar-refractivity contribution in [2.45, 2.75) is 32.6 Å². The number of hydrogen-bond donors (Lipinski definition) is 1. The fourth-order valence-electron chi connectivity index (χ4n) is 2.61. The molecule has 1 saturated heterocycles. The molecule has 1 aliphatic rings. The summed E-state index contributed by atoms with van der Waals surface area (Å²) >= 11 is 5.43.